The Bertz CT molecular complexity index is 1040. The molecule has 6 heteroatoms. The summed E-state index contributed by atoms with van der Waals surface area (Å²) in [6.45, 7) is 7.68. The molecule has 1 aromatic heterocycles. The van der Waals surface area contributed by atoms with Crippen LogP contribution >= 0.6 is 11.3 Å². The van der Waals surface area contributed by atoms with Crippen LogP contribution in [0.15, 0.2) is 53.9 Å². The van der Waals surface area contributed by atoms with E-state index in [1.165, 1.54) is 11.1 Å². The van der Waals surface area contributed by atoms with Crippen molar-refractivity contribution in [2.45, 2.75) is 52.2 Å². The lowest BCUT2D eigenvalue weighted by atomic mass is 10.00. The average Bonchev–Trinajstić information content (AvgIpc) is 3.24. The number of hydrogen-bond donors (Lipinski definition) is 0. The lowest BCUT2D eigenvalue weighted by molar-refractivity contribution is -0.134. The van der Waals surface area contributed by atoms with Gasteiger partial charge in [-0.3, -0.25) is 9.69 Å². The third kappa shape index (κ3) is 6.42. The summed E-state index contributed by atoms with van der Waals surface area (Å²) < 4.78 is 5.26. The Labute approximate surface area is 201 Å². The standard InChI is InChI=1S/C27H33N3O2S/c1-20-4-6-23(7-5-20)17-30(27(31)16-22-8-10-26(32-3)11-9-22)25-12-14-29(15-13-25)18-24-19-33-21(2)28-24/h4-11,19,25H,12-18H2,1-3H3. The number of ether oxygens (including phenoxy) is 1. The van der Waals surface area contributed by atoms with E-state index < -0.39 is 0 Å². The highest BCUT2D eigenvalue weighted by molar-refractivity contribution is 7.09. The van der Waals surface area contributed by atoms with Gasteiger partial charge in [-0.15, -0.1) is 11.3 Å². The molecule has 1 saturated heterocycles. The molecule has 174 valence electrons. The van der Waals surface area contributed by atoms with Crippen molar-refractivity contribution in [2.75, 3.05) is 20.2 Å². The molecule has 0 aliphatic carbocycles. The quantitative estimate of drug-likeness (QED) is 0.471. The minimum atomic E-state index is 0.189. The predicted molar refractivity (Wildman–Crippen MR) is 134 cm³/mol. The van der Waals surface area contributed by atoms with E-state index in [0.29, 0.717) is 13.0 Å². The van der Waals surface area contributed by atoms with E-state index in [2.05, 4.69) is 58.3 Å². The van der Waals surface area contributed by atoms with E-state index in [1.54, 1.807) is 18.4 Å². The minimum Gasteiger partial charge on any atom is -0.497 e. The fourth-order valence-corrected chi connectivity index (χ4v) is 5.03. The number of aryl methyl sites for hydroxylation is 2. The van der Waals surface area contributed by atoms with Crippen LogP contribution in [0.1, 0.15) is 40.2 Å². The molecule has 0 saturated carbocycles. The number of rotatable bonds is 8. The van der Waals surface area contributed by atoms with Crippen molar-refractivity contribution in [3.63, 3.8) is 0 Å². The highest BCUT2D eigenvalue weighted by Crippen LogP contribution is 2.23. The molecule has 1 fully saturated rings. The van der Waals surface area contributed by atoms with Crippen LogP contribution in [0.5, 0.6) is 5.75 Å². The zero-order chi connectivity index (χ0) is 23.2. The van der Waals surface area contributed by atoms with Gasteiger partial charge in [0.05, 0.1) is 24.2 Å². The molecular formula is C27H33N3O2S. The fraction of sp³-hybridized carbons (Fsp3) is 0.407. The largest absolute Gasteiger partial charge is 0.497 e. The van der Waals surface area contributed by atoms with E-state index in [0.717, 1.165) is 54.5 Å². The molecule has 1 aliphatic heterocycles. The average molecular weight is 464 g/mol. The number of aromatic nitrogens is 1. The van der Waals surface area contributed by atoms with Crippen molar-refractivity contribution in [2.24, 2.45) is 0 Å². The molecule has 0 radical (unpaired) electrons. The Morgan fingerprint density at radius 1 is 1.06 bits per heavy atom. The van der Waals surface area contributed by atoms with Crippen LogP contribution in [0.25, 0.3) is 0 Å². The van der Waals surface area contributed by atoms with Gasteiger partial charge in [0.1, 0.15) is 5.75 Å². The molecule has 0 N–H and O–H groups in total. The summed E-state index contributed by atoms with van der Waals surface area (Å²) in [5.74, 6) is 1.000. The normalized spacial score (nSPS) is 14.9. The number of nitrogens with zero attached hydrogens (tertiary/aromatic N) is 3. The number of amides is 1. The van der Waals surface area contributed by atoms with Gasteiger partial charge in [0.25, 0.3) is 0 Å². The first-order chi connectivity index (χ1) is 16.0. The third-order valence-corrected chi connectivity index (χ3v) is 7.18. The first-order valence-corrected chi connectivity index (χ1v) is 12.5. The Morgan fingerprint density at radius 2 is 1.73 bits per heavy atom. The van der Waals surface area contributed by atoms with Crippen LogP contribution in [0.2, 0.25) is 0 Å². The second-order valence-electron chi connectivity index (χ2n) is 8.90. The van der Waals surface area contributed by atoms with Gasteiger partial charge < -0.3 is 9.64 Å². The molecule has 2 aromatic carbocycles. The molecule has 0 unspecified atom stereocenters. The van der Waals surface area contributed by atoms with Crippen LogP contribution in [-0.4, -0.2) is 46.9 Å². The zero-order valence-electron chi connectivity index (χ0n) is 19.8. The summed E-state index contributed by atoms with van der Waals surface area (Å²) in [6, 6.07) is 16.6. The maximum atomic E-state index is 13.5. The van der Waals surface area contributed by atoms with Gasteiger partial charge in [-0.25, -0.2) is 4.98 Å². The summed E-state index contributed by atoms with van der Waals surface area (Å²) >= 11 is 1.71. The first kappa shape index (κ1) is 23.5. The Balaban J connectivity index is 1.43. The van der Waals surface area contributed by atoms with Gasteiger partial charge in [0.2, 0.25) is 5.91 Å². The van der Waals surface area contributed by atoms with Crippen LogP contribution in [0, 0.1) is 13.8 Å². The second kappa shape index (κ2) is 10.9. The van der Waals surface area contributed by atoms with E-state index in [-0.39, 0.29) is 11.9 Å². The van der Waals surface area contributed by atoms with E-state index >= 15 is 0 Å². The van der Waals surface area contributed by atoms with Crippen LogP contribution in [-0.2, 0) is 24.3 Å². The number of hydrogen-bond acceptors (Lipinski definition) is 5. The van der Waals surface area contributed by atoms with Crippen molar-refractivity contribution < 1.29 is 9.53 Å². The SMILES string of the molecule is COc1ccc(CC(=O)N(Cc2ccc(C)cc2)C2CCN(Cc3csc(C)n3)CC2)cc1. The lowest BCUT2D eigenvalue weighted by Crippen LogP contribution is -2.47. The van der Waals surface area contributed by atoms with Crippen LogP contribution < -0.4 is 4.74 Å². The maximum Gasteiger partial charge on any atom is 0.227 e. The summed E-state index contributed by atoms with van der Waals surface area (Å²) in [7, 11) is 1.66. The highest BCUT2D eigenvalue weighted by atomic mass is 32.1. The maximum absolute atomic E-state index is 13.5. The molecular weight excluding hydrogens is 430 g/mol. The number of likely N-dealkylation sites (tertiary alicyclic amines) is 1. The molecule has 3 aromatic rings. The van der Waals surface area contributed by atoms with Gasteiger partial charge in [-0.2, -0.15) is 0 Å². The van der Waals surface area contributed by atoms with E-state index in [1.807, 2.05) is 24.3 Å². The second-order valence-corrected chi connectivity index (χ2v) is 9.96. The summed E-state index contributed by atoms with van der Waals surface area (Å²) in [5.41, 5.74) is 4.60. The predicted octanol–water partition coefficient (Wildman–Crippen LogP) is 5.00. The Hall–Kier alpha value is -2.70. The number of piperidine rings is 1. The summed E-state index contributed by atoms with van der Waals surface area (Å²) in [6.07, 6.45) is 2.39. The molecule has 1 amide bonds. The monoisotopic (exact) mass is 463 g/mol. The minimum absolute atomic E-state index is 0.189. The van der Waals surface area contributed by atoms with Crippen molar-refractivity contribution in [3.05, 3.63) is 81.3 Å². The number of carbonyl (C=O) groups excluding carboxylic acids is 1. The first-order valence-electron chi connectivity index (χ1n) is 11.6. The van der Waals surface area contributed by atoms with E-state index in [9.17, 15) is 4.79 Å². The van der Waals surface area contributed by atoms with Crippen molar-refractivity contribution in [3.8, 4) is 5.75 Å². The molecule has 0 bridgehead atoms. The molecule has 1 aliphatic rings. The van der Waals surface area contributed by atoms with E-state index in [4.69, 9.17) is 4.74 Å². The highest BCUT2D eigenvalue weighted by Gasteiger charge is 2.28. The van der Waals surface area contributed by atoms with Gasteiger partial charge in [0.15, 0.2) is 0 Å². The fourth-order valence-electron chi connectivity index (χ4n) is 4.43. The molecule has 2 heterocycles. The lowest BCUT2D eigenvalue weighted by Gasteiger charge is -2.38. The third-order valence-electron chi connectivity index (χ3n) is 6.36. The molecule has 5 nitrogen and oxygen atoms in total. The molecule has 4 rings (SSSR count). The summed E-state index contributed by atoms with van der Waals surface area (Å²) in [4.78, 5) is 22.7. The molecule has 0 spiro atoms. The van der Waals surface area contributed by atoms with Gasteiger partial charge in [-0.1, -0.05) is 42.0 Å². The zero-order valence-corrected chi connectivity index (χ0v) is 20.6. The van der Waals surface area contributed by atoms with Crippen LogP contribution in [0.4, 0.5) is 0 Å². The Kier molecular flexibility index (Phi) is 7.78. The van der Waals surface area contributed by atoms with Gasteiger partial charge in [0, 0.05) is 37.6 Å². The molecule has 0 atom stereocenters. The van der Waals surface area contributed by atoms with Crippen molar-refractivity contribution in [1.82, 2.24) is 14.8 Å². The number of methoxy groups -OCH3 is 1. The van der Waals surface area contributed by atoms with Crippen molar-refractivity contribution in [1.29, 1.82) is 0 Å². The number of carbonyl (C=O) groups is 1. The topological polar surface area (TPSA) is 45.7 Å². The Morgan fingerprint density at radius 3 is 2.33 bits per heavy atom. The van der Waals surface area contributed by atoms with Gasteiger partial charge in [-0.05, 0) is 49.9 Å². The number of benzene rings is 2. The summed E-state index contributed by atoms with van der Waals surface area (Å²) in [5, 5.41) is 3.28. The van der Waals surface area contributed by atoms with Crippen LogP contribution in [0.3, 0.4) is 0 Å². The van der Waals surface area contributed by atoms with Crippen molar-refractivity contribution >= 4 is 17.2 Å². The smallest absolute Gasteiger partial charge is 0.227 e. The molecule has 33 heavy (non-hydrogen) atoms. The van der Waals surface area contributed by atoms with Gasteiger partial charge >= 0.3 is 0 Å². The number of thiazole rings is 1.